The first kappa shape index (κ1) is 22.2. The van der Waals surface area contributed by atoms with E-state index < -0.39 is 35.9 Å². The molecule has 3 rings (SSSR count). The van der Waals surface area contributed by atoms with Gasteiger partial charge in [0.25, 0.3) is 5.60 Å². The van der Waals surface area contributed by atoms with Crippen molar-refractivity contribution in [2.75, 3.05) is 0 Å². The van der Waals surface area contributed by atoms with E-state index in [1.165, 1.54) is 0 Å². The van der Waals surface area contributed by atoms with Crippen LogP contribution in [0.5, 0.6) is 0 Å². The van der Waals surface area contributed by atoms with Crippen LogP contribution >= 0.6 is 0 Å². The number of alkyl halides is 6. The minimum Gasteiger partial charge on any atom is -0.374 e. The molecule has 28 heavy (non-hydrogen) atoms. The van der Waals surface area contributed by atoms with Crippen LogP contribution in [-0.2, 0) is 9.47 Å². The summed E-state index contributed by atoms with van der Waals surface area (Å²) in [5.41, 5.74) is -5.29. The molecule has 6 unspecified atom stereocenters. The van der Waals surface area contributed by atoms with Gasteiger partial charge in [0.05, 0.1) is 5.60 Å². The number of halogens is 6. The van der Waals surface area contributed by atoms with Gasteiger partial charge < -0.3 is 14.6 Å². The lowest BCUT2D eigenvalue weighted by Gasteiger charge is -2.39. The van der Waals surface area contributed by atoms with Gasteiger partial charge in [-0.15, -0.1) is 0 Å². The molecule has 0 amide bonds. The van der Waals surface area contributed by atoms with Crippen LogP contribution in [0.1, 0.15) is 59.3 Å². The molecular weight excluding hydrogens is 390 g/mol. The SMILES string of the molecule is CC[C@@H](C)C1OC1OC1(C)CC2CC(C1)C(CC(O)(C(F)(F)F)C(F)(F)F)C2. The van der Waals surface area contributed by atoms with E-state index in [4.69, 9.17) is 9.47 Å². The Morgan fingerprint density at radius 1 is 1.11 bits per heavy atom. The van der Waals surface area contributed by atoms with E-state index in [0.717, 1.165) is 6.42 Å². The van der Waals surface area contributed by atoms with E-state index in [-0.39, 0.29) is 30.7 Å². The standard InChI is InChI=1S/C19H28F6O3/c1-4-10(2)14-15(27-14)28-16(3)7-11-5-12(8-16)13(6-11)9-17(26,18(20,21)22)19(23,24)25/h10-15,26H,4-9H2,1-3H3/t10-,11?,12?,13?,14?,15?,16?/m1/s1. The maximum atomic E-state index is 13.1. The highest BCUT2D eigenvalue weighted by molar-refractivity contribution is 5.03. The Bertz CT molecular complexity index is 563. The van der Waals surface area contributed by atoms with Crippen LogP contribution in [0.15, 0.2) is 0 Å². The summed E-state index contributed by atoms with van der Waals surface area (Å²) in [7, 11) is 0. The highest BCUT2D eigenvalue weighted by Crippen LogP contribution is 2.57. The molecular formula is C19H28F6O3. The first-order valence-corrected chi connectivity index (χ1v) is 9.88. The summed E-state index contributed by atoms with van der Waals surface area (Å²) >= 11 is 0. The van der Waals surface area contributed by atoms with Crippen LogP contribution in [-0.4, -0.2) is 41.1 Å². The predicted octanol–water partition coefficient (Wildman–Crippen LogP) is 5.21. The van der Waals surface area contributed by atoms with Gasteiger partial charge in [-0.1, -0.05) is 20.3 Å². The van der Waals surface area contributed by atoms with Gasteiger partial charge in [-0.3, -0.25) is 0 Å². The van der Waals surface area contributed by atoms with Gasteiger partial charge >= 0.3 is 12.4 Å². The Kier molecular flexibility index (Phi) is 5.55. The van der Waals surface area contributed by atoms with Crippen molar-refractivity contribution in [1.29, 1.82) is 0 Å². The lowest BCUT2D eigenvalue weighted by molar-refractivity contribution is -0.373. The Balaban J connectivity index is 1.67. The monoisotopic (exact) mass is 418 g/mol. The van der Waals surface area contributed by atoms with Crippen molar-refractivity contribution in [3.8, 4) is 0 Å². The summed E-state index contributed by atoms with van der Waals surface area (Å²) in [6.45, 7) is 5.95. The second kappa shape index (κ2) is 7.01. The van der Waals surface area contributed by atoms with E-state index in [1.54, 1.807) is 0 Å². The molecule has 3 fully saturated rings. The quantitative estimate of drug-likeness (QED) is 0.475. The van der Waals surface area contributed by atoms with Crippen molar-refractivity contribution in [1.82, 2.24) is 0 Å². The van der Waals surface area contributed by atoms with Gasteiger partial charge in [0, 0.05) is 0 Å². The Morgan fingerprint density at radius 3 is 2.25 bits per heavy atom. The number of hydrogen-bond donors (Lipinski definition) is 1. The second-order valence-corrected chi connectivity index (χ2v) is 9.25. The van der Waals surface area contributed by atoms with Crippen LogP contribution in [0.2, 0.25) is 0 Å². The van der Waals surface area contributed by atoms with E-state index in [1.807, 2.05) is 20.8 Å². The third-order valence-corrected chi connectivity index (χ3v) is 6.94. The third-order valence-electron chi connectivity index (χ3n) is 6.94. The topological polar surface area (TPSA) is 42.0 Å². The largest absolute Gasteiger partial charge is 0.426 e. The number of fused-ring (bicyclic) bond motifs is 2. The summed E-state index contributed by atoms with van der Waals surface area (Å²) < 4.78 is 90.1. The van der Waals surface area contributed by atoms with Crippen molar-refractivity contribution in [3.05, 3.63) is 0 Å². The smallest absolute Gasteiger partial charge is 0.374 e. The minimum absolute atomic E-state index is 0.000246. The van der Waals surface area contributed by atoms with Gasteiger partial charge in [-0.25, -0.2) is 0 Å². The third kappa shape index (κ3) is 4.03. The van der Waals surface area contributed by atoms with Crippen molar-refractivity contribution >= 4 is 0 Å². The fourth-order valence-corrected chi connectivity index (χ4v) is 5.24. The molecule has 1 heterocycles. The highest BCUT2D eigenvalue weighted by Gasteiger charge is 2.71. The summed E-state index contributed by atoms with van der Waals surface area (Å²) in [4.78, 5) is 0. The van der Waals surface area contributed by atoms with E-state index in [0.29, 0.717) is 25.2 Å². The zero-order valence-corrected chi connectivity index (χ0v) is 16.2. The summed E-state index contributed by atoms with van der Waals surface area (Å²) in [6.07, 6.45) is -10.5. The maximum Gasteiger partial charge on any atom is 0.426 e. The van der Waals surface area contributed by atoms with Crippen LogP contribution in [0, 0.1) is 23.7 Å². The van der Waals surface area contributed by atoms with Crippen LogP contribution in [0.25, 0.3) is 0 Å². The molecule has 0 aromatic heterocycles. The van der Waals surface area contributed by atoms with Crippen molar-refractivity contribution in [2.24, 2.45) is 23.7 Å². The van der Waals surface area contributed by atoms with Crippen LogP contribution < -0.4 is 0 Å². The molecule has 0 aromatic carbocycles. The molecule has 0 spiro atoms. The fraction of sp³-hybridized carbons (Fsp3) is 1.00. The summed E-state index contributed by atoms with van der Waals surface area (Å²) in [5.74, 6) is -0.842. The number of ether oxygens (including phenoxy) is 2. The zero-order chi connectivity index (χ0) is 21.1. The maximum absolute atomic E-state index is 13.1. The average molecular weight is 418 g/mol. The highest BCUT2D eigenvalue weighted by atomic mass is 19.4. The molecule has 0 aromatic rings. The molecule has 2 saturated carbocycles. The molecule has 0 radical (unpaired) electrons. The Morgan fingerprint density at radius 2 is 1.71 bits per heavy atom. The lowest BCUT2D eigenvalue weighted by Crippen LogP contribution is -2.58. The molecule has 1 saturated heterocycles. The Labute approximate surface area is 160 Å². The fourth-order valence-electron chi connectivity index (χ4n) is 5.24. The molecule has 3 nitrogen and oxygen atoms in total. The van der Waals surface area contributed by atoms with E-state index >= 15 is 0 Å². The molecule has 1 N–H and O–H groups in total. The van der Waals surface area contributed by atoms with Gasteiger partial charge in [-0.05, 0) is 62.7 Å². The van der Waals surface area contributed by atoms with Gasteiger partial charge in [-0.2, -0.15) is 26.3 Å². The number of hydrogen-bond acceptors (Lipinski definition) is 3. The molecule has 2 aliphatic carbocycles. The van der Waals surface area contributed by atoms with E-state index in [9.17, 15) is 31.4 Å². The van der Waals surface area contributed by atoms with Crippen molar-refractivity contribution < 1.29 is 40.9 Å². The van der Waals surface area contributed by atoms with Crippen LogP contribution in [0.4, 0.5) is 26.3 Å². The average Bonchev–Trinajstić information content (AvgIpc) is 3.22. The zero-order valence-electron chi connectivity index (χ0n) is 16.2. The molecule has 3 aliphatic rings. The molecule has 164 valence electrons. The Hall–Kier alpha value is -0.540. The number of epoxide rings is 1. The summed E-state index contributed by atoms with van der Waals surface area (Å²) in [5, 5.41) is 9.57. The molecule has 2 bridgehead atoms. The van der Waals surface area contributed by atoms with Crippen molar-refractivity contribution in [2.45, 2.75) is 95.2 Å². The first-order chi connectivity index (χ1) is 12.7. The molecule has 7 atom stereocenters. The molecule has 1 aliphatic heterocycles. The first-order valence-electron chi connectivity index (χ1n) is 9.88. The number of rotatable bonds is 6. The van der Waals surface area contributed by atoms with Gasteiger partial charge in [0.2, 0.25) is 0 Å². The summed E-state index contributed by atoms with van der Waals surface area (Å²) in [6, 6.07) is 0. The minimum atomic E-state index is -5.76. The second-order valence-electron chi connectivity index (χ2n) is 9.25. The van der Waals surface area contributed by atoms with Crippen LogP contribution in [0.3, 0.4) is 0 Å². The van der Waals surface area contributed by atoms with Gasteiger partial charge in [0.15, 0.2) is 6.29 Å². The normalized spacial score (nSPS) is 39.9. The molecule has 9 heteroatoms. The van der Waals surface area contributed by atoms with E-state index in [2.05, 4.69) is 0 Å². The van der Waals surface area contributed by atoms with Gasteiger partial charge in [0.1, 0.15) is 6.10 Å². The van der Waals surface area contributed by atoms with Crippen molar-refractivity contribution in [3.63, 3.8) is 0 Å². The predicted molar refractivity (Wildman–Crippen MR) is 88.2 cm³/mol. The lowest BCUT2D eigenvalue weighted by atomic mass is 9.75. The number of aliphatic hydroxyl groups is 1.